The van der Waals surface area contributed by atoms with Crippen molar-refractivity contribution in [2.24, 2.45) is 0 Å². The van der Waals surface area contributed by atoms with Gasteiger partial charge < -0.3 is 15.4 Å². The van der Waals surface area contributed by atoms with Crippen molar-refractivity contribution in [1.82, 2.24) is 19.9 Å². The number of hydrogen-bond acceptors (Lipinski definition) is 6. The Morgan fingerprint density at radius 3 is 2.57 bits per heavy atom. The number of rotatable bonds is 5. The van der Waals surface area contributed by atoms with Gasteiger partial charge in [-0.05, 0) is 51.2 Å². The van der Waals surface area contributed by atoms with E-state index in [1.165, 1.54) is 18.3 Å². The molecule has 1 aliphatic carbocycles. The van der Waals surface area contributed by atoms with Gasteiger partial charge in [-0.25, -0.2) is 9.97 Å². The van der Waals surface area contributed by atoms with E-state index >= 15 is 0 Å². The number of anilines is 1. The highest BCUT2D eigenvalue weighted by Crippen LogP contribution is 2.41. The quantitative estimate of drug-likeness (QED) is 0.636. The Morgan fingerprint density at radius 1 is 1.20 bits per heavy atom. The minimum absolute atomic E-state index is 0.0173. The molecule has 1 aliphatic rings. The van der Waals surface area contributed by atoms with Crippen molar-refractivity contribution in [2.75, 3.05) is 26.4 Å². The number of pyridine rings is 1. The molecule has 3 aromatic rings. The van der Waals surface area contributed by atoms with E-state index in [0.717, 1.165) is 25.0 Å². The van der Waals surface area contributed by atoms with Crippen LogP contribution in [0.3, 0.4) is 0 Å². The summed E-state index contributed by atoms with van der Waals surface area (Å²) in [5.74, 6) is -0.0423. The van der Waals surface area contributed by atoms with Gasteiger partial charge in [0.25, 0.3) is 0 Å². The molecule has 6 nitrogen and oxygen atoms in total. The first-order valence-corrected chi connectivity index (χ1v) is 9.57. The van der Waals surface area contributed by atoms with E-state index in [0.29, 0.717) is 17.5 Å². The molecule has 2 heterocycles. The predicted octanol–water partition coefficient (Wildman–Crippen LogP) is 4.42. The third-order valence-electron chi connectivity index (χ3n) is 5.37. The van der Waals surface area contributed by atoms with Gasteiger partial charge >= 0.3 is 12.2 Å². The second kappa shape index (κ2) is 7.24. The van der Waals surface area contributed by atoms with Crippen molar-refractivity contribution in [2.45, 2.75) is 24.6 Å². The molecule has 1 saturated carbocycles. The molecule has 158 valence electrons. The van der Waals surface area contributed by atoms with Crippen LogP contribution in [-0.4, -0.2) is 46.1 Å². The van der Waals surface area contributed by atoms with E-state index in [-0.39, 0.29) is 33.6 Å². The molecule has 0 aliphatic heterocycles. The van der Waals surface area contributed by atoms with Crippen LogP contribution < -0.4 is 10.5 Å². The number of ether oxygens (including phenoxy) is 1. The zero-order valence-corrected chi connectivity index (χ0v) is 17.1. The number of hydrogen-bond donors (Lipinski definition) is 1. The molecule has 1 fully saturated rings. The summed E-state index contributed by atoms with van der Waals surface area (Å²) in [5.41, 5.74) is 4.82. The Labute approximate surface area is 175 Å². The first-order valence-electron chi connectivity index (χ1n) is 9.20. The van der Waals surface area contributed by atoms with Crippen LogP contribution in [-0.2, 0) is 6.18 Å². The molecular weight excluding hydrogens is 419 g/mol. The van der Waals surface area contributed by atoms with E-state index in [1.807, 2.05) is 14.1 Å². The zero-order chi connectivity index (χ0) is 21.7. The van der Waals surface area contributed by atoms with Crippen molar-refractivity contribution in [3.8, 4) is 17.3 Å². The highest BCUT2D eigenvalue weighted by molar-refractivity contribution is 6.34. The van der Waals surface area contributed by atoms with Crippen LogP contribution in [0.4, 0.5) is 19.0 Å². The number of nitrogens with zero attached hydrogens (tertiary/aromatic N) is 4. The molecule has 30 heavy (non-hydrogen) atoms. The highest BCUT2D eigenvalue weighted by Gasteiger charge is 2.45. The van der Waals surface area contributed by atoms with E-state index in [2.05, 4.69) is 19.9 Å². The second-order valence-corrected chi connectivity index (χ2v) is 7.99. The largest absolute Gasteiger partial charge is 0.461 e. The molecule has 0 unspecified atom stereocenters. The highest BCUT2D eigenvalue weighted by atomic mass is 35.5. The third-order valence-corrected chi connectivity index (χ3v) is 5.68. The maximum absolute atomic E-state index is 13.5. The first-order chi connectivity index (χ1) is 14.1. The molecule has 0 radical (unpaired) electrons. The number of fused-ring (bicyclic) bond motifs is 1. The Kier molecular flexibility index (Phi) is 4.98. The fraction of sp³-hybridized carbons (Fsp3) is 0.350. The van der Waals surface area contributed by atoms with E-state index in [1.54, 1.807) is 0 Å². The summed E-state index contributed by atoms with van der Waals surface area (Å²) >= 11 is 6.28. The summed E-state index contributed by atoms with van der Waals surface area (Å²) in [6.07, 6.45) is -1.04. The minimum atomic E-state index is -4.61. The van der Waals surface area contributed by atoms with Gasteiger partial charge in [-0.15, -0.1) is 0 Å². The lowest BCUT2D eigenvalue weighted by Crippen LogP contribution is -2.36. The molecule has 0 bridgehead atoms. The number of nitrogens with two attached hydrogens (primary N) is 1. The zero-order valence-electron chi connectivity index (χ0n) is 16.3. The fourth-order valence-corrected chi connectivity index (χ4v) is 3.52. The molecule has 2 aromatic heterocycles. The van der Waals surface area contributed by atoms with Gasteiger partial charge in [0.15, 0.2) is 0 Å². The van der Waals surface area contributed by atoms with Gasteiger partial charge in [0.1, 0.15) is 12.4 Å². The second-order valence-electron chi connectivity index (χ2n) is 7.58. The van der Waals surface area contributed by atoms with Crippen LogP contribution in [0, 0.1) is 0 Å². The van der Waals surface area contributed by atoms with Crippen molar-refractivity contribution >= 4 is 28.3 Å². The molecule has 0 saturated heterocycles. The Bertz CT molecular complexity index is 1120. The summed E-state index contributed by atoms with van der Waals surface area (Å²) in [4.78, 5) is 14.5. The Morgan fingerprint density at radius 2 is 1.93 bits per heavy atom. The normalized spacial score (nSPS) is 15.6. The first kappa shape index (κ1) is 20.6. The number of halogens is 4. The third kappa shape index (κ3) is 3.87. The Hall–Kier alpha value is -2.65. The Balaban J connectivity index is 1.74. The van der Waals surface area contributed by atoms with Crippen molar-refractivity contribution in [3.05, 3.63) is 41.0 Å². The van der Waals surface area contributed by atoms with Crippen molar-refractivity contribution in [1.29, 1.82) is 0 Å². The number of benzene rings is 1. The SMILES string of the molecule is CN(C)C1(COc2ncc3cc(Cl)c(-c4nc(N)ccc4C(F)(F)F)cc3n2)CC1. The van der Waals surface area contributed by atoms with E-state index in [9.17, 15) is 13.2 Å². The van der Waals surface area contributed by atoms with Crippen LogP contribution in [0.2, 0.25) is 5.02 Å². The number of likely N-dealkylation sites (N-methyl/N-ethyl adjacent to an activating group) is 1. The average molecular weight is 438 g/mol. The van der Waals surface area contributed by atoms with Crippen molar-refractivity contribution in [3.63, 3.8) is 0 Å². The smallest absolute Gasteiger partial charge is 0.418 e. The molecular formula is C20H19ClF3N5O. The van der Waals surface area contributed by atoms with Crippen molar-refractivity contribution < 1.29 is 17.9 Å². The number of aromatic nitrogens is 3. The fourth-order valence-electron chi connectivity index (χ4n) is 3.26. The van der Waals surface area contributed by atoms with E-state index in [4.69, 9.17) is 22.1 Å². The maximum atomic E-state index is 13.5. The lowest BCUT2D eigenvalue weighted by atomic mass is 10.0. The van der Waals surface area contributed by atoms with Crippen LogP contribution in [0.5, 0.6) is 6.01 Å². The average Bonchev–Trinajstić information content (AvgIpc) is 3.46. The number of nitrogen functional groups attached to an aromatic ring is 1. The standard InChI is InChI=1S/C20H19ClF3N5O/c1-29(2)19(5-6-19)10-30-18-26-9-11-7-14(21)12(8-15(11)27-18)17-13(20(22,23)24)3-4-16(25)28-17/h3-4,7-9H,5-6,10H2,1-2H3,(H2,25,28). The van der Waals surface area contributed by atoms with Gasteiger partial charge in [0.2, 0.25) is 0 Å². The molecule has 10 heteroatoms. The summed E-state index contributed by atoms with van der Waals surface area (Å²) in [7, 11) is 3.98. The van der Waals surface area contributed by atoms with Gasteiger partial charge in [-0.3, -0.25) is 0 Å². The number of alkyl halides is 3. The monoisotopic (exact) mass is 437 g/mol. The minimum Gasteiger partial charge on any atom is -0.461 e. The molecule has 4 rings (SSSR count). The topological polar surface area (TPSA) is 77.2 Å². The molecule has 0 atom stereocenters. The van der Waals surface area contributed by atoms with Gasteiger partial charge in [-0.1, -0.05) is 11.6 Å². The molecule has 0 amide bonds. The molecule has 0 spiro atoms. The maximum Gasteiger partial charge on any atom is 0.418 e. The summed E-state index contributed by atoms with van der Waals surface area (Å²) in [6.45, 7) is 0.431. The lowest BCUT2D eigenvalue weighted by molar-refractivity contribution is -0.137. The van der Waals surface area contributed by atoms with E-state index < -0.39 is 11.7 Å². The van der Waals surface area contributed by atoms with Crippen LogP contribution in [0.25, 0.3) is 22.2 Å². The molecule has 2 N–H and O–H groups in total. The van der Waals surface area contributed by atoms with Crippen LogP contribution >= 0.6 is 11.6 Å². The summed E-state index contributed by atoms with van der Waals surface area (Å²) < 4.78 is 46.2. The summed E-state index contributed by atoms with van der Waals surface area (Å²) in [5, 5.41) is 0.662. The van der Waals surface area contributed by atoms with Crippen LogP contribution in [0.1, 0.15) is 18.4 Å². The van der Waals surface area contributed by atoms with Crippen LogP contribution in [0.15, 0.2) is 30.5 Å². The van der Waals surface area contributed by atoms with Gasteiger partial charge in [0, 0.05) is 17.1 Å². The predicted molar refractivity (Wildman–Crippen MR) is 108 cm³/mol. The lowest BCUT2D eigenvalue weighted by Gasteiger charge is -2.23. The summed E-state index contributed by atoms with van der Waals surface area (Å²) in [6, 6.07) is 5.10. The van der Waals surface area contributed by atoms with Gasteiger partial charge in [-0.2, -0.15) is 18.2 Å². The molecule has 1 aromatic carbocycles. The van der Waals surface area contributed by atoms with Gasteiger partial charge in [0.05, 0.1) is 27.3 Å².